The van der Waals surface area contributed by atoms with Crippen LogP contribution in [-0.2, 0) is 9.53 Å². The zero-order valence-corrected chi connectivity index (χ0v) is 17.6. The number of anilines is 2. The molecule has 5 rings (SSSR count). The number of nitrogens with zero attached hydrogens (tertiary/aromatic N) is 2. The summed E-state index contributed by atoms with van der Waals surface area (Å²) in [6, 6.07) is 12.6. The predicted octanol–water partition coefficient (Wildman–Crippen LogP) is 2.96. The van der Waals surface area contributed by atoms with Crippen molar-refractivity contribution in [3.05, 3.63) is 59.9 Å². The number of hydrogen-bond acceptors (Lipinski definition) is 4. The molecule has 3 heterocycles. The first-order valence-electron chi connectivity index (χ1n) is 11.0. The Morgan fingerprint density at radius 2 is 1.81 bits per heavy atom. The number of benzene rings is 2. The highest BCUT2D eigenvalue weighted by Crippen LogP contribution is 2.49. The molecule has 2 saturated heterocycles. The van der Waals surface area contributed by atoms with Crippen LogP contribution in [-0.4, -0.2) is 60.4 Å². The molecule has 0 aromatic heterocycles. The quantitative estimate of drug-likeness (QED) is 0.771. The molecule has 32 heavy (non-hydrogen) atoms. The lowest BCUT2D eigenvalue weighted by atomic mass is 9.71. The standard InChI is InChI=1S/C24H26FN3O4/c25-17-6-2-3-7-18(17)26-24(31)27-13-20-22(16-5-1-4-8-19(16)27)21(14-29)28(20)23(30)15-9-11-32-12-10-15/h1-8,15,20-22,29H,9-14H2,(H,26,31)/t20-,21+,22+/m1/s1. The van der Waals surface area contributed by atoms with Crippen LogP contribution in [0.3, 0.4) is 0 Å². The number of carbonyl (C=O) groups excluding carboxylic acids is 2. The Bertz CT molecular complexity index is 1030. The minimum absolute atomic E-state index is 0.0162. The number of fused-ring (bicyclic) bond motifs is 3. The monoisotopic (exact) mass is 439 g/mol. The first-order valence-corrected chi connectivity index (χ1v) is 11.0. The number of halogens is 1. The first kappa shape index (κ1) is 20.9. The van der Waals surface area contributed by atoms with Crippen LogP contribution in [0.4, 0.5) is 20.6 Å². The maximum absolute atomic E-state index is 14.1. The Balaban J connectivity index is 1.44. The van der Waals surface area contributed by atoms with Crippen LogP contribution in [0, 0.1) is 11.7 Å². The molecule has 168 valence electrons. The number of aliphatic hydroxyl groups is 1. The molecule has 3 aliphatic heterocycles. The third-order valence-electron chi connectivity index (χ3n) is 6.87. The normalized spacial score (nSPS) is 24.9. The number of amides is 3. The largest absolute Gasteiger partial charge is 0.394 e. The summed E-state index contributed by atoms with van der Waals surface area (Å²) in [5.41, 5.74) is 1.75. The smallest absolute Gasteiger partial charge is 0.326 e. The molecule has 7 nitrogen and oxygen atoms in total. The van der Waals surface area contributed by atoms with E-state index in [9.17, 15) is 19.1 Å². The zero-order chi connectivity index (χ0) is 22.2. The molecule has 3 aliphatic rings. The summed E-state index contributed by atoms with van der Waals surface area (Å²) in [6.07, 6.45) is 1.33. The molecule has 3 atom stereocenters. The van der Waals surface area contributed by atoms with E-state index in [1.807, 2.05) is 24.3 Å². The van der Waals surface area contributed by atoms with Gasteiger partial charge in [-0.25, -0.2) is 9.18 Å². The van der Waals surface area contributed by atoms with Crippen molar-refractivity contribution in [2.24, 2.45) is 5.92 Å². The lowest BCUT2D eigenvalue weighted by Gasteiger charge is -2.59. The SMILES string of the molecule is O=C(Nc1ccccc1F)N1C[C@@H]2[C@H](c3ccccc31)[C@H](CO)N2C(=O)C1CCOCC1. The van der Waals surface area contributed by atoms with Crippen LogP contribution in [0.5, 0.6) is 0 Å². The van der Waals surface area contributed by atoms with Crippen molar-refractivity contribution < 1.29 is 23.8 Å². The van der Waals surface area contributed by atoms with Crippen molar-refractivity contribution in [2.75, 3.05) is 36.6 Å². The number of hydrogen-bond donors (Lipinski definition) is 2. The lowest BCUT2D eigenvalue weighted by molar-refractivity contribution is -0.157. The molecular formula is C24H26FN3O4. The van der Waals surface area contributed by atoms with Gasteiger partial charge in [-0.3, -0.25) is 9.69 Å². The van der Waals surface area contributed by atoms with Crippen LogP contribution in [0.15, 0.2) is 48.5 Å². The number of carbonyl (C=O) groups is 2. The van der Waals surface area contributed by atoms with E-state index >= 15 is 0 Å². The van der Waals surface area contributed by atoms with Gasteiger partial charge in [-0.2, -0.15) is 0 Å². The Morgan fingerprint density at radius 3 is 2.56 bits per heavy atom. The molecule has 2 aromatic rings. The van der Waals surface area contributed by atoms with E-state index in [0.29, 0.717) is 26.1 Å². The Morgan fingerprint density at radius 1 is 1.09 bits per heavy atom. The molecule has 0 spiro atoms. The van der Waals surface area contributed by atoms with Gasteiger partial charge in [0.25, 0.3) is 0 Å². The van der Waals surface area contributed by atoms with Crippen molar-refractivity contribution in [1.82, 2.24) is 4.90 Å². The average molecular weight is 439 g/mol. The first-order chi connectivity index (χ1) is 15.6. The van der Waals surface area contributed by atoms with Crippen molar-refractivity contribution >= 4 is 23.3 Å². The van der Waals surface area contributed by atoms with Gasteiger partial charge in [0.2, 0.25) is 5.91 Å². The molecular weight excluding hydrogens is 413 g/mol. The Hall–Kier alpha value is -2.97. The van der Waals surface area contributed by atoms with Gasteiger partial charge >= 0.3 is 6.03 Å². The van der Waals surface area contributed by atoms with Gasteiger partial charge in [0, 0.05) is 37.3 Å². The molecule has 0 radical (unpaired) electrons. The average Bonchev–Trinajstić information content (AvgIpc) is 2.81. The van der Waals surface area contributed by atoms with Crippen LogP contribution in [0.25, 0.3) is 0 Å². The summed E-state index contributed by atoms with van der Waals surface area (Å²) in [5, 5.41) is 12.8. The van der Waals surface area contributed by atoms with E-state index in [1.54, 1.807) is 21.9 Å². The van der Waals surface area contributed by atoms with E-state index < -0.39 is 11.8 Å². The maximum Gasteiger partial charge on any atom is 0.326 e. The minimum Gasteiger partial charge on any atom is -0.394 e. The Labute approximate surface area is 185 Å². The third-order valence-corrected chi connectivity index (χ3v) is 6.87. The minimum atomic E-state index is -0.510. The number of para-hydroxylation sites is 2. The molecule has 0 bridgehead atoms. The van der Waals surface area contributed by atoms with E-state index in [2.05, 4.69) is 5.32 Å². The van der Waals surface area contributed by atoms with E-state index in [1.165, 1.54) is 12.1 Å². The molecule has 2 fully saturated rings. The van der Waals surface area contributed by atoms with Crippen molar-refractivity contribution in [3.63, 3.8) is 0 Å². The fraction of sp³-hybridized carbons (Fsp3) is 0.417. The second-order valence-corrected chi connectivity index (χ2v) is 8.55. The van der Waals surface area contributed by atoms with Gasteiger partial charge in [0.05, 0.1) is 24.4 Å². The van der Waals surface area contributed by atoms with Crippen LogP contribution in [0.2, 0.25) is 0 Å². The molecule has 0 aliphatic carbocycles. The second kappa shape index (κ2) is 8.52. The highest BCUT2D eigenvalue weighted by Gasteiger charge is 2.56. The van der Waals surface area contributed by atoms with E-state index in [-0.39, 0.29) is 48.7 Å². The van der Waals surface area contributed by atoms with Gasteiger partial charge < -0.3 is 20.1 Å². The topological polar surface area (TPSA) is 82.1 Å². The van der Waals surface area contributed by atoms with Crippen LogP contribution in [0.1, 0.15) is 24.3 Å². The summed E-state index contributed by atoms with van der Waals surface area (Å²) < 4.78 is 19.5. The number of urea groups is 1. The second-order valence-electron chi connectivity index (χ2n) is 8.55. The number of ether oxygens (including phenoxy) is 1. The molecule has 0 unspecified atom stereocenters. The number of likely N-dealkylation sites (tertiary alicyclic amines) is 1. The summed E-state index contributed by atoms with van der Waals surface area (Å²) in [7, 11) is 0. The zero-order valence-electron chi connectivity index (χ0n) is 17.6. The van der Waals surface area contributed by atoms with Gasteiger partial charge in [-0.1, -0.05) is 30.3 Å². The summed E-state index contributed by atoms with van der Waals surface area (Å²) in [6.45, 7) is 1.27. The van der Waals surface area contributed by atoms with Gasteiger partial charge in [-0.05, 0) is 36.6 Å². The summed E-state index contributed by atoms with van der Waals surface area (Å²) in [5.74, 6) is -0.666. The molecule has 0 saturated carbocycles. The maximum atomic E-state index is 14.1. The molecule has 8 heteroatoms. The highest BCUT2D eigenvalue weighted by molar-refractivity contribution is 6.03. The molecule has 3 amide bonds. The van der Waals surface area contributed by atoms with Crippen LogP contribution >= 0.6 is 0 Å². The fourth-order valence-corrected chi connectivity index (χ4v) is 5.28. The predicted molar refractivity (Wildman–Crippen MR) is 117 cm³/mol. The van der Waals surface area contributed by atoms with Crippen molar-refractivity contribution in [2.45, 2.75) is 30.8 Å². The number of rotatable bonds is 3. The van der Waals surface area contributed by atoms with E-state index in [0.717, 1.165) is 11.3 Å². The third kappa shape index (κ3) is 3.43. The summed E-state index contributed by atoms with van der Waals surface area (Å²) >= 11 is 0. The Kier molecular flexibility index (Phi) is 5.57. The van der Waals surface area contributed by atoms with Crippen molar-refractivity contribution in [3.8, 4) is 0 Å². The molecule has 2 aromatic carbocycles. The van der Waals surface area contributed by atoms with Crippen molar-refractivity contribution in [1.29, 1.82) is 0 Å². The lowest BCUT2D eigenvalue weighted by Crippen LogP contribution is -2.71. The fourth-order valence-electron chi connectivity index (χ4n) is 5.28. The number of nitrogens with one attached hydrogen (secondary N) is 1. The van der Waals surface area contributed by atoms with E-state index in [4.69, 9.17) is 4.74 Å². The van der Waals surface area contributed by atoms with Gasteiger partial charge in [-0.15, -0.1) is 0 Å². The summed E-state index contributed by atoms with van der Waals surface area (Å²) in [4.78, 5) is 29.8. The highest BCUT2D eigenvalue weighted by atomic mass is 19.1. The van der Waals surface area contributed by atoms with Gasteiger partial charge in [0.1, 0.15) is 5.82 Å². The number of aliphatic hydroxyl groups excluding tert-OH is 1. The molecule has 2 N–H and O–H groups in total. The van der Waals surface area contributed by atoms with Crippen LogP contribution < -0.4 is 10.2 Å². The van der Waals surface area contributed by atoms with Gasteiger partial charge in [0.15, 0.2) is 0 Å².